The van der Waals surface area contributed by atoms with Crippen molar-refractivity contribution in [2.75, 3.05) is 0 Å². The molecular formula is C11H10ClOTa-3. The molecule has 14 heavy (non-hydrogen) atoms. The molecule has 0 bridgehead atoms. The van der Waals surface area contributed by atoms with Gasteiger partial charge in [0.15, 0.2) is 0 Å². The van der Waals surface area contributed by atoms with E-state index in [0.29, 0.717) is 0 Å². The van der Waals surface area contributed by atoms with Crippen LogP contribution in [0.25, 0.3) is 0 Å². The van der Waals surface area contributed by atoms with E-state index < -0.39 is 0 Å². The summed E-state index contributed by atoms with van der Waals surface area (Å²) < 4.78 is 0. The quantitative estimate of drug-likeness (QED) is 0.512. The second-order valence-electron chi connectivity index (χ2n) is 2.00. The number of hydrogen-bond donors (Lipinski definition) is 0. The largest absolute Gasteiger partial charge is 0.525 e. The van der Waals surface area contributed by atoms with Gasteiger partial charge in [-0.05, 0) is 0 Å². The molecule has 75 valence electrons. The third kappa shape index (κ3) is 14.0. The maximum atomic E-state index is 8.45. The van der Waals surface area contributed by atoms with Crippen LogP contribution in [0.3, 0.4) is 0 Å². The topological polar surface area (TPSA) is 17.1 Å². The maximum Gasteiger partial charge on any atom is 0 e. The van der Waals surface area contributed by atoms with Crippen molar-refractivity contribution >= 4 is 17.3 Å². The Hall–Kier alpha value is -0.600. The normalized spacial score (nSPS) is 6.64. The van der Waals surface area contributed by atoms with Gasteiger partial charge >= 0.3 is 0 Å². The van der Waals surface area contributed by atoms with Crippen LogP contribution in [0, 0.1) is 0 Å². The van der Waals surface area contributed by atoms with E-state index in [4.69, 9.17) is 4.79 Å². The molecule has 0 heterocycles. The van der Waals surface area contributed by atoms with E-state index in [1.165, 1.54) is 0 Å². The minimum Gasteiger partial charge on any atom is -0.525 e. The fraction of sp³-hybridized carbons (Fsp3) is 0. The Morgan fingerprint density at radius 2 is 1.07 bits per heavy atom. The minimum atomic E-state index is 0. The van der Waals surface area contributed by atoms with Gasteiger partial charge in [0.1, 0.15) is 0 Å². The first kappa shape index (κ1) is 15.9. The summed E-state index contributed by atoms with van der Waals surface area (Å²) in [6.45, 7) is 0. The van der Waals surface area contributed by atoms with E-state index >= 15 is 0 Å². The Balaban J connectivity index is 0. The van der Waals surface area contributed by atoms with Gasteiger partial charge in [0.25, 0.3) is 0 Å². The van der Waals surface area contributed by atoms with Crippen molar-refractivity contribution in [2.24, 2.45) is 0 Å². The molecule has 2 rings (SSSR count). The van der Waals surface area contributed by atoms with Gasteiger partial charge in [-0.1, -0.05) is 0 Å². The van der Waals surface area contributed by atoms with Crippen molar-refractivity contribution in [1.29, 1.82) is 0 Å². The summed E-state index contributed by atoms with van der Waals surface area (Å²) in [6.07, 6.45) is 0. The van der Waals surface area contributed by atoms with Crippen molar-refractivity contribution in [3.63, 3.8) is 0 Å². The van der Waals surface area contributed by atoms with Crippen molar-refractivity contribution in [3.8, 4) is 0 Å². The standard InChI is InChI=1S/2C5H5.CClO.Ta/c2*1-2-4-5-3-1;2-1-3;/h2*1-5H;;/q3*-1;. The van der Waals surface area contributed by atoms with Gasteiger partial charge in [-0.2, -0.15) is 42.1 Å². The molecule has 0 atom stereocenters. The molecule has 0 aliphatic rings. The summed E-state index contributed by atoms with van der Waals surface area (Å²) in [4.78, 5) is 8.45. The summed E-state index contributed by atoms with van der Waals surface area (Å²) >= 11 is 4.19. The third-order valence-electron chi connectivity index (χ3n) is 1.11. The number of carbonyl (C=O) groups excluding carboxylic acids is 1. The zero-order valence-corrected chi connectivity index (χ0v) is 11.5. The van der Waals surface area contributed by atoms with Crippen molar-refractivity contribution < 1.29 is 27.2 Å². The molecule has 1 nitrogen and oxygen atoms in total. The maximum absolute atomic E-state index is 8.45. The van der Waals surface area contributed by atoms with Gasteiger partial charge in [0, 0.05) is 22.4 Å². The van der Waals surface area contributed by atoms with Crippen molar-refractivity contribution in [3.05, 3.63) is 60.7 Å². The molecule has 0 N–H and O–H groups in total. The predicted molar refractivity (Wildman–Crippen MR) is 55.6 cm³/mol. The molecule has 0 spiro atoms. The monoisotopic (exact) mass is 374 g/mol. The summed E-state index contributed by atoms with van der Waals surface area (Å²) in [5.41, 5.74) is 0. The Kier molecular flexibility index (Phi) is 16.9. The van der Waals surface area contributed by atoms with Gasteiger partial charge in [-0.25, -0.2) is 24.3 Å². The number of halogens is 1. The molecule has 3 heteroatoms. The molecule has 2 aromatic carbocycles. The van der Waals surface area contributed by atoms with E-state index in [9.17, 15) is 0 Å². The van der Waals surface area contributed by atoms with Crippen LogP contribution < -0.4 is 0 Å². The Labute approximate surface area is 105 Å². The van der Waals surface area contributed by atoms with Crippen molar-refractivity contribution in [2.45, 2.75) is 0 Å². The Morgan fingerprint density at radius 3 is 1.14 bits per heavy atom. The molecule has 0 unspecified atom stereocenters. The molecule has 0 amide bonds. The fourth-order valence-electron chi connectivity index (χ4n) is 0.642. The van der Waals surface area contributed by atoms with Crippen LogP contribution >= 0.6 is 11.6 Å². The molecule has 0 saturated heterocycles. The Bertz CT molecular complexity index is 190. The molecule has 0 aliphatic heterocycles. The van der Waals surface area contributed by atoms with Gasteiger partial charge in [0.05, 0.1) is 0 Å². The van der Waals surface area contributed by atoms with Gasteiger partial charge < -0.3 is 16.4 Å². The Morgan fingerprint density at radius 1 is 0.857 bits per heavy atom. The van der Waals surface area contributed by atoms with Crippen molar-refractivity contribution in [1.82, 2.24) is 0 Å². The van der Waals surface area contributed by atoms with Crippen LogP contribution in [-0.2, 0) is 27.2 Å². The third-order valence-corrected chi connectivity index (χ3v) is 1.11. The zero-order valence-electron chi connectivity index (χ0n) is 7.51. The number of hydrogen-bond acceptors (Lipinski definition) is 1. The average molecular weight is 375 g/mol. The van der Waals surface area contributed by atoms with Crippen LogP contribution in [0.5, 0.6) is 0 Å². The molecule has 1 radical (unpaired) electrons. The zero-order chi connectivity index (χ0) is 9.78. The predicted octanol–water partition coefficient (Wildman–Crippen LogP) is 3.10. The van der Waals surface area contributed by atoms with Gasteiger partial charge in [0.2, 0.25) is 0 Å². The molecule has 0 aromatic heterocycles. The molecular weight excluding hydrogens is 365 g/mol. The van der Waals surface area contributed by atoms with Gasteiger partial charge in [-0.15, -0.1) is 0 Å². The summed E-state index contributed by atoms with van der Waals surface area (Å²) in [6, 6.07) is 20.0. The smallest absolute Gasteiger partial charge is 0 e. The number of rotatable bonds is 0. The fourth-order valence-corrected chi connectivity index (χ4v) is 0.642. The van der Waals surface area contributed by atoms with Gasteiger partial charge in [-0.3, -0.25) is 0 Å². The average Bonchev–Trinajstić information content (AvgIpc) is 2.85. The second kappa shape index (κ2) is 14.9. The molecule has 0 aliphatic carbocycles. The van der Waals surface area contributed by atoms with Crippen LogP contribution in [0.1, 0.15) is 0 Å². The SMILES string of the molecule is O=[C-]Cl.[Ta].c1cc[cH-]c1.c1cc[cH-]c1. The molecule has 0 saturated carbocycles. The molecule has 0 fully saturated rings. The first-order chi connectivity index (χ1) is 6.41. The first-order valence-electron chi connectivity index (χ1n) is 3.73. The second-order valence-corrected chi connectivity index (χ2v) is 2.16. The van der Waals surface area contributed by atoms with Crippen LogP contribution in [0.15, 0.2) is 60.7 Å². The minimum absolute atomic E-state index is 0. The van der Waals surface area contributed by atoms with E-state index in [-0.39, 0.29) is 22.4 Å². The summed E-state index contributed by atoms with van der Waals surface area (Å²) in [5, 5.41) is 0. The summed E-state index contributed by atoms with van der Waals surface area (Å²) in [5.74, 6) is 0.972. The van der Waals surface area contributed by atoms with Crippen LogP contribution in [0.4, 0.5) is 0 Å². The first-order valence-corrected chi connectivity index (χ1v) is 4.10. The van der Waals surface area contributed by atoms with E-state index in [1.54, 1.807) is 0 Å². The van der Waals surface area contributed by atoms with E-state index in [0.717, 1.165) is 5.75 Å². The molecule has 2 aromatic rings. The van der Waals surface area contributed by atoms with E-state index in [2.05, 4.69) is 11.6 Å². The van der Waals surface area contributed by atoms with E-state index in [1.807, 2.05) is 60.7 Å². The van der Waals surface area contributed by atoms with Crippen LogP contribution in [-0.4, -0.2) is 5.75 Å². The van der Waals surface area contributed by atoms with Crippen LogP contribution in [0.2, 0.25) is 0 Å². The summed E-state index contributed by atoms with van der Waals surface area (Å²) in [7, 11) is 0.